The van der Waals surface area contributed by atoms with Crippen molar-refractivity contribution in [3.8, 4) is 0 Å². The van der Waals surface area contributed by atoms with E-state index in [9.17, 15) is 0 Å². The van der Waals surface area contributed by atoms with Gasteiger partial charge in [-0.1, -0.05) is 13.8 Å². The van der Waals surface area contributed by atoms with E-state index in [4.69, 9.17) is 0 Å². The largest absolute Gasteiger partial charge is 0.109 e. The highest BCUT2D eigenvalue weighted by Crippen LogP contribution is 2.67. The van der Waals surface area contributed by atoms with E-state index in [1.54, 1.807) is 70.6 Å². The van der Waals surface area contributed by atoms with Gasteiger partial charge in [0, 0.05) is 0 Å². The molecular weight excluding hydrogens is 283 g/mol. The molecule has 0 saturated heterocycles. The predicted octanol–water partition coefficient (Wildman–Crippen LogP) is 6.24. The lowest BCUT2D eigenvalue weighted by molar-refractivity contribution is 0.0345. The van der Waals surface area contributed by atoms with Crippen molar-refractivity contribution >= 4 is 8.58 Å². The molecule has 3 atom stereocenters. The molecule has 0 N–H and O–H groups in total. The molecular formula is C21H35P. The number of hydrogen-bond donors (Lipinski definition) is 0. The second kappa shape index (κ2) is 4.97. The fraction of sp³-hybridized carbons (Fsp3) is 1.00. The van der Waals surface area contributed by atoms with Crippen molar-refractivity contribution in [2.75, 3.05) is 0 Å². The van der Waals surface area contributed by atoms with E-state index in [0.29, 0.717) is 0 Å². The Hall–Kier alpha value is 0.430. The van der Waals surface area contributed by atoms with E-state index in [1.807, 2.05) is 0 Å². The van der Waals surface area contributed by atoms with Crippen molar-refractivity contribution in [1.29, 1.82) is 0 Å². The number of rotatable bonds is 2. The van der Waals surface area contributed by atoms with Crippen LogP contribution in [-0.4, -0.2) is 10.3 Å². The highest BCUT2D eigenvalue weighted by Gasteiger charge is 2.54. The molecule has 0 aromatic heterocycles. The summed E-state index contributed by atoms with van der Waals surface area (Å²) in [7, 11) is 1.31. The van der Waals surface area contributed by atoms with Crippen LogP contribution < -0.4 is 0 Å². The Labute approximate surface area is 139 Å². The van der Waals surface area contributed by atoms with Crippen LogP contribution in [0, 0.1) is 35.5 Å². The maximum atomic E-state index is 2.72. The molecule has 0 heterocycles. The van der Waals surface area contributed by atoms with Gasteiger partial charge in [0.15, 0.2) is 0 Å². The summed E-state index contributed by atoms with van der Waals surface area (Å²) in [6.07, 6.45) is 17.6. The van der Waals surface area contributed by atoms with Crippen LogP contribution in [0.15, 0.2) is 0 Å². The van der Waals surface area contributed by atoms with E-state index in [-0.39, 0.29) is 0 Å². The zero-order chi connectivity index (χ0) is 14.9. The van der Waals surface area contributed by atoms with Gasteiger partial charge in [0.05, 0.1) is 0 Å². The topological polar surface area (TPSA) is 0 Å². The molecule has 6 aliphatic carbocycles. The van der Waals surface area contributed by atoms with Crippen LogP contribution >= 0.6 is 8.58 Å². The van der Waals surface area contributed by atoms with Crippen LogP contribution in [0.4, 0.5) is 0 Å². The third-order valence-electron chi connectivity index (χ3n) is 8.22. The fourth-order valence-electron chi connectivity index (χ4n) is 8.60. The molecule has 1 heteroatoms. The van der Waals surface area contributed by atoms with Crippen molar-refractivity contribution < 1.29 is 0 Å². The molecule has 0 nitrogen and oxygen atoms in total. The Bertz CT molecular complexity index is 400. The van der Waals surface area contributed by atoms with Gasteiger partial charge in [-0.15, -0.1) is 8.58 Å². The monoisotopic (exact) mass is 318 g/mol. The second-order valence-electron chi connectivity index (χ2n) is 10.8. The lowest BCUT2D eigenvalue weighted by atomic mass is 9.56. The zero-order valence-electron chi connectivity index (χ0n) is 14.7. The lowest BCUT2D eigenvalue weighted by Crippen LogP contribution is -2.50. The van der Waals surface area contributed by atoms with Crippen molar-refractivity contribution in [2.24, 2.45) is 35.5 Å². The first-order chi connectivity index (χ1) is 10.5. The van der Waals surface area contributed by atoms with Gasteiger partial charge < -0.3 is 0 Å². The van der Waals surface area contributed by atoms with Crippen molar-refractivity contribution in [1.82, 2.24) is 0 Å². The highest BCUT2D eigenvalue weighted by atomic mass is 31.1. The molecule has 6 fully saturated rings. The Kier molecular flexibility index (Phi) is 3.33. The van der Waals surface area contributed by atoms with Gasteiger partial charge in [-0.25, -0.2) is 0 Å². The summed E-state index contributed by atoms with van der Waals surface area (Å²) in [5.41, 5.74) is 0. The first-order valence-electron chi connectivity index (χ1n) is 10.3. The van der Waals surface area contributed by atoms with E-state index >= 15 is 0 Å². The van der Waals surface area contributed by atoms with Crippen LogP contribution in [-0.2, 0) is 0 Å². The molecule has 6 bridgehead atoms. The zero-order valence-corrected chi connectivity index (χ0v) is 15.7. The van der Waals surface area contributed by atoms with Crippen LogP contribution in [0.1, 0.15) is 84.5 Å². The first-order valence-corrected chi connectivity index (χ1v) is 11.3. The van der Waals surface area contributed by atoms with Gasteiger partial charge in [-0.3, -0.25) is 0 Å². The molecule has 0 aromatic rings. The Morgan fingerprint density at radius 2 is 1.05 bits per heavy atom. The summed E-state index contributed by atoms with van der Waals surface area (Å²) in [5, 5.41) is 1.57. The quantitative estimate of drug-likeness (QED) is 0.529. The summed E-state index contributed by atoms with van der Waals surface area (Å²) >= 11 is 0. The molecule has 0 radical (unpaired) electrons. The fourth-order valence-corrected chi connectivity index (χ4v) is 11.8. The van der Waals surface area contributed by atoms with E-state index < -0.39 is 0 Å². The van der Waals surface area contributed by atoms with Gasteiger partial charge in [0.1, 0.15) is 0 Å². The van der Waals surface area contributed by atoms with Gasteiger partial charge in [-0.05, 0) is 116 Å². The summed E-state index contributed by atoms with van der Waals surface area (Å²) in [5.74, 6) is 6.64. The third kappa shape index (κ3) is 2.51. The number of fused-ring (bicyclic) bond motifs is 2. The van der Waals surface area contributed by atoms with Crippen LogP contribution in [0.25, 0.3) is 0 Å². The second-order valence-corrected chi connectivity index (χ2v) is 13.4. The van der Waals surface area contributed by atoms with Crippen LogP contribution in [0.2, 0.25) is 0 Å². The maximum Gasteiger partial charge on any atom is -0.0109 e. The van der Waals surface area contributed by atoms with Gasteiger partial charge in [0.25, 0.3) is 0 Å². The predicted molar refractivity (Wildman–Crippen MR) is 96.9 cm³/mol. The molecule has 22 heavy (non-hydrogen) atoms. The van der Waals surface area contributed by atoms with Crippen molar-refractivity contribution in [2.45, 2.75) is 94.8 Å². The molecule has 124 valence electrons. The minimum absolute atomic E-state index is 0.736. The molecule has 0 aromatic carbocycles. The van der Waals surface area contributed by atoms with Crippen molar-refractivity contribution in [3.05, 3.63) is 0 Å². The van der Waals surface area contributed by atoms with Crippen LogP contribution in [0.3, 0.4) is 0 Å². The average Bonchev–Trinajstić information content (AvgIpc) is 2.32. The Morgan fingerprint density at radius 3 is 1.50 bits per heavy atom. The summed E-state index contributed by atoms with van der Waals surface area (Å²) in [6, 6.07) is 0. The molecule has 0 spiro atoms. The standard InChI is InChI=1S/C21H35P/c1-14-3-15-5-16(4-14)10-20(2,9-15)22-21-11-17-6-18(12-21)8-19(7-17)13-21/h14-19,22H,3-13H2,1-2H3. The third-order valence-corrected chi connectivity index (χ3v) is 10.4. The summed E-state index contributed by atoms with van der Waals surface area (Å²) in [4.78, 5) is 0. The number of hydrogen-bond acceptors (Lipinski definition) is 0. The molecule has 0 amide bonds. The molecule has 6 saturated carbocycles. The SMILES string of the molecule is CC1CC2CC(C1)CC(C)(PC13CC4CC(CC(C4)C1)C3)C2. The average molecular weight is 318 g/mol. The highest BCUT2D eigenvalue weighted by molar-refractivity contribution is 7.42. The minimum atomic E-state index is 0.736. The molecule has 3 unspecified atom stereocenters. The van der Waals surface area contributed by atoms with E-state index in [2.05, 4.69) is 13.8 Å². The Morgan fingerprint density at radius 1 is 0.636 bits per heavy atom. The molecule has 6 rings (SSSR count). The van der Waals surface area contributed by atoms with Crippen LogP contribution in [0.5, 0.6) is 0 Å². The van der Waals surface area contributed by atoms with Crippen molar-refractivity contribution in [3.63, 3.8) is 0 Å². The molecule has 0 aliphatic heterocycles. The lowest BCUT2D eigenvalue weighted by Gasteiger charge is -2.60. The van der Waals surface area contributed by atoms with E-state index in [0.717, 1.165) is 45.8 Å². The minimum Gasteiger partial charge on any atom is -0.109 e. The van der Waals surface area contributed by atoms with Gasteiger partial charge in [-0.2, -0.15) is 0 Å². The van der Waals surface area contributed by atoms with Gasteiger partial charge in [0.2, 0.25) is 0 Å². The summed E-state index contributed by atoms with van der Waals surface area (Å²) in [6.45, 7) is 5.24. The first kappa shape index (κ1) is 14.7. The van der Waals surface area contributed by atoms with Gasteiger partial charge >= 0.3 is 0 Å². The normalized spacial score (nSPS) is 60.3. The smallest absolute Gasteiger partial charge is 0.0109 e. The maximum absolute atomic E-state index is 2.72. The summed E-state index contributed by atoms with van der Waals surface area (Å²) < 4.78 is 0. The van der Waals surface area contributed by atoms with E-state index in [1.165, 1.54) is 8.58 Å². The molecule has 6 aliphatic rings. The Balaban J connectivity index is 1.35.